The third-order valence-electron chi connectivity index (χ3n) is 6.58. The van der Waals surface area contributed by atoms with Crippen LogP contribution in [0.15, 0.2) is 77.6 Å². The lowest BCUT2D eigenvalue weighted by molar-refractivity contribution is -0.138. The molecule has 0 atom stereocenters. The highest BCUT2D eigenvalue weighted by atomic mass is 35.5. The van der Waals surface area contributed by atoms with Gasteiger partial charge in [0.25, 0.3) is 0 Å². The Morgan fingerprint density at radius 2 is 1.44 bits per heavy atom. The van der Waals surface area contributed by atoms with Crippen LogP contribution in [0.4, 0.5) is 26.3 Å². The molecule has 1 heterocycles. The summed E-state index contributed by atoms with van der Waals surface area (Å²) in [5, 5.41) is 7.30. The molecule has 1 aromatic heterocycles. The number of benzene rings is 3. The number of alkyl halides is 6. The van der Waals surface area contributed by atoms with Gasteiger partial charge in [0, 0.05) is 16.6 Å². The summed E-state index contributed by atoms with van der Waals surface area (Å²) in [6.45, 7) is -0.617. The van der Waals surface area contributed by atoms with E-state index in [1.54, 1.807) is 24.3 Å². The van der Waals surface area contributed by atoms with Gasteiger partial charge < -0.3 is 5.32 Å². The van der Waals surface area contributed by atoms with Crippen LogP contribution in [0, 0.1) is 0 Å². The third-order valence-corrected chi connectivity index (χ3v) is 6.83. The van der Waals surface area contributed by atoms with E-state index < -0.39 is 47.7 Å². The van der Waals surface area contributed by atoms with E-state index in [1.165, 1.54) is 16.7 Å². The van der Waals surface area contributed by atoms with Crippen molar-refractivity contribution < 1.29 is 31.1 Å². The summed E-state index contributed by atoms with van der Waals surface area (Å²) in [6.07, 6.45) is -7.96. The summed E-state index contributed by atoms with van der Waals surface area (Å²) in [6, 6.07) is 13.0. The van der Waals surface area contributed by atoms with Gasteiger partial charge in [-0.25, -0.2) is 9.48 Å². The smallest absolute Gasteiger partial charge is 0.344 e. The first-order valence-corrected chi connectivity index (χ1v) is 12.8. The van der Waals surface area contributed by atoms with Gasteiger partial charge in [-0.05, 0) is 72.5 Å². The number of nitrogens with one attached hydrogen (secondary N) is 1. The molecule has 214 valence electrons. The second kappa shape index (κ2) is 10.7. The normalized spacial score (nSPS) is 14.0. The minimum absolute atomic E-state index is 0.0924. The second-order valence-corrected chi connectivity index (χ2v) is 10.1. The number of amides is 1. The summed E-state index contributed by atoms with van der Waals surface area (Å²) in [5.41, 5.74) is -2.23. The lowest BCUT2D eigenvalue weighted by Crippen LogP contribution is -2.36. The van der Waals surface area contributed by atoms with Crippen molar-refractivity contribution in [1.82, 2.24) is 19.7 Å². The van der Waals surface area contributed by atoms with Crippen molar-refractivity contribution in [2.24, 2.45) is 0 Å². The van der Waals surface area contributed by atoms with E-state index in [0.717, 1.165) is 53.9 Å². The fourth-order valence-electron chi connectivity index (χ4n) is 4.47. The highest BCUT2D eigenvalue weighted by Crippen LogP contribution is 2.37. The van der Waals surface area contributed by atoms with Crippen molar-refractivity contribution in [3.63, 3.8) is 0 Å². The quantitative estimate of drug-likeness (QED) is 0.244. The lowest BCUT2D eigenvalue weighted by atomic mass is 9.95. The zero-order valence-corrected chi connectivity index (χ0v) is 21.8. The molecule has 5 rings (SSSR count). The van der Waals surface area contributed by atoms with Gasteiger partial charge in [-0.15, -0.1) is 5.10 Å². The lowest BCUT2D eigenvalue weighted by Gasteiger charge is -2.22. The Morgan fingerprint density at radius 1 is 0.902 bits per heavy atom. The van der Waals surface area contributed by atoms with E-state index >= 15 is 0 Å². The number of hydrogen-bond acceptors (Lipinski definition) is 3. The predicted octanol–water partition coefficient (Wildman–Crippen LogP) is 6.64. The fraction of sp³-hybridized carbons (Fsp3) is 0.250. The standard InChI is InChI=1S/C28H21ClF6N4O2/c29-21-9-7-16(8-10-21)25-37-38(26(41)39(25)22-11-12-22)15-23(40)36-24(17-3-1-5-19(13-17)27(30,31)32)18-4-2-6-20(14-18)28(33,34)35/h1-10,13-14,22,24H,11-12,15H2,(H,36,40). The Morgan fingerprint density at radius 3 is 1.93 bits per heavy atom. The van der Waals surface area contributed by atoms with Crippen LogP contribution >= 0.6 is 11.6 Å². The molecule has 0 aliphatic heterocycles. The van der Waals surface area contributed by atoms with E-state index in [-0.39, 0.29) is 17.2 Å². The average Bonchev–Trinajstić information content (AvgIpc) is 3.70. The fourth-order valence-corrected chi connectivity index (χ4v) is 4.60. The molecule has 1 N–H and O–H groups in total. The molecule has 1 saturated carbocycles. The van der Waals surface area contributed by atoms with Crippen LogP contribution in [-0.4, -0.2) is 20.3 Å². The van der Waals surface area contributed by atoms with Crippen LogP contribution in [0.1, 0.15) is 47.2 Å². The predicted molar refractivity (Wildman–Crippen MR) is 138 cm³/mol. The number of hydrogen-bond donors (Lipinski definition) is 1. The van der Waals surface area contributed by atoms with Crippen molar-refractivity contribution in [2.75, 3.05) is 0 Å². The number of aromatic nitrogens is 3. The molecule has 13 heteroatoms. The maximum atomic E-state index is 13.4. The minimum Gasteiger partial charge on any atom is -0.344 e. The van der Waals surface area contributed by atoms with Gasteiger partial charge >= 0.3 is 18.0 Å². The first-order valence-electron chi connectivity index (χ1n) is 12.4. The molecular formula is C28H21ClF6N4O2. The van der Waals surface area contributed by atoms with Gasteiger partial charge in [0.05, 0.1) is 17.2 Å². The van der Waals surface area contributed by atoms with Crippen LogP contribution in [0.25, 0.3) is 11.4 Å². The van der Waals surface area contributed by atoms with Crippen LogP contribution in [0.5, 0.6) is 0 Å². The van der Waals surface area contributed by atoms with Gasteiger partial charge in [0.15, 0.2) is 5.82 Å². The molecule has 0 bridgehead atoms. The van der Waals surface area contributed by atoms with Crippen LogP contribution in [0.2, 0.25) is 5.02 Å². The summed E-state index contributed by atoms with van der Waals surface area (Å²) in [7, 11) is 0. The SMILES string of the molecule is O=C(Cn1nc(-c2ccc(Cl)cc2)n(C2CC2)c1=O)NC(c1cccc(C(F)(F)F)c1)c1cccc(C(F)(F)F)c1. The molecule has 6 nitrogen and oxygen atoms in total. The Hall–Kier alpha value is -4.06. The number of rotatable bonds is 7. The van der Waals surface area contributed by atoms with E-state index in [1.807, 2.05) is 0 Å². The molecule has 1 aliphatic carbocycles. The Bertz CT molecular complexity index is 1580. The third kappa shape index (κ3) is 6.32. The van der Waals surface area contributed by atoms with Crippen LogP contribution in [-0.2, 0) is 23.7 Å². The van der Waals surface area contributed by atoms with E-state index in [9.17, 15) is 35.9 Å². The average molecular weight is 595 g/mol. The van der Waals surface area contributed by atoms with Gasteiger partial charge in [0.2, 0.25) is 5.91 Å². The summed E-state index contributed by atoms with van der Waals surface area (Å²) >= 11 is 5.97. The zero-order valence-electron chi connectivity index (χ0n) is 21.0. The van der Waals surface area contributed by atoms with Crippen molar-refractivity contribution in [3.8, 4) is 11.4 Å². The monoisotopic (exact) mass is 594 g/mol. The van der Waals surface area contributed by atoms with E-state index in [4.69, 9.17) is 11.6 Å². The van der Waals surface area contributed by atoms with Crippen molar-refractivity contribution in [3.05, 3.63) is 111 Å². The molecule has 0 saturated heterocycles. The highest BCUT2D eigenvalue weighted by molar-refractivity contribution is 6.30. The zero-order chi connectivity index (χ0) is 29.5. The van der Waals surface area contributed by atoms with Crippen molar-refractivity contribution in [1.29, 1.82) is 0 Å². The number of halogens is 7. The molecule has 0 unspecified atom stereocenters. The maximum Gasteiger partial charge on any atom is 0.416 e. The molecule has 3 aromatic carbocycles. The highest BCUT2D eigenvalue weighted by Gasteiger charge is 2.34. The first kappa shape index (κ1) is 28.5. The van der Waals surface area contributed by atoms with Gasteiger partial charge in [-0.1, -0.05) is 35.9 Å². The molecule has 0 radical (unpaired) electrons. The topological polar surface area (TPSA) is 68.9 Å². The molecule has 1 fully saturated rings. The Kier molecular flexibility index (Phi) is 7.45. The number of carbonyl (C=O) groups excluding carboxylic acids is 1. The van der Waals surface area contributed by atoms with E-state index in [2.05, 4.69) is 10.4 Å². The number of carbonyl (C=O) groups is 1. The molecule has 1 aliphatic rings. The van der Waals surface area contributed by atoms with Gasteiger partial charge in [0.1, 0.15) is 6.54 Å². The summed E-state index contributed by atoms with van der Waals surface area (Å²) in [5.74, 6) is -0.524. The van der Waals surface area contributed by atoms with Gasteiger partial charge in [-0.3, -0.25) is 9.36 Å². The molecule has 0 spiro atoms. The second-order valence-electron chi connectivity index (χ2n) is 9.62. The Balaban J connectivity index is 1.49. The molecular weight excluding hydrogens is 574 g/mol. The molecule has 4 aromatic rings. The maximum absolute atomic E-state index is 13.4. The summed E-state index contributed by atoms with van der Waals surface area (Å²) in [4.78, 5) is 26.4. The first-order chi connectivity index (χ1) is 19.3. The minimum atomic E-state index is -4.72. The largest absolute Gasteiger partial charge is 0.416 e. The van der Waals surface area contributed by atoms with Crippen molar-refractivity contribution >= 4 is 17.5 Å². The molecule has 41 heavy (non-hydrogen) atoms. The summed E-state index contributed by atoms with van der Waals surface area (Å²) < 4.78 is 83.0. The van der Waals surface area contributed by atoms with E-state index in [0.29, 0.717) is 16.4 Å². The van der Waals surface area contributed by atoms with Crippen molar-refractivity contribution in [2.45, 2.75) is 43.8 Å². The Labute approximate surface area is 234 Å². The number of nitrogens with zero attached hydrogens (tertiary/aromatic N) is 3. The molecule has 1 amide bonds. The van der Waals surface area contributed by atoms with Crippen LogP contribution < -0.4 is 11.0 Å². The van der Waals surface area contributed by atoms with Crippen LogP contribution in [0.3, 0.4) is 0 Å². The van der Waals surface area contributed by atoms with Gasteiger partial charge in [-0.2, -0.15) is 26.3 Å².